The maximum Gasteiger partial charge on any atom is 0.145 e. The zero-order chi connectivity index (χ0) is 13.9. The first-order valence-corrected chi connectivity index (χ1v) is 6.58. The fourth-order valence-corrected chi connectivity index (χ4v) is 2.37. The molecule has 0 radical (unpaired) electrons. The van der Waals surface area contributed by atoms with Gasteiger partial charge in [-0.25, -0.2) is 4.98 Å². The third-order valence-corrected chi connectivity index (χ3v) is 3.30. The number of rotatable bonds is 4. The first kappa shape index (κ1) is 12.7. The quantitative estimate of drug-likeness (QED) is 0.790. The largest absolute Gasteiger partial charge is 0.497 e. The van der Waals surface area contributed by atoms with Gasteiger partial charge in [0.15, 0.2) is 0 Å². The Balaban J connectivity index is 2.19. The molecule has 1 N–H and O–H groups in total. The lowest BCUT2D eigenvalue weighted by Crippen LogP contribution is -2.05. The third kappa shape index (κ3) is 2.14. The van der Waals surface area contributed by atoms with Crippen LogP contribution in [0.3, 0.4) is 0 Å². The first-order valence-electron chi connectivity index (χ1n) is 6.58. The van der Waals surface area contributed by atoms with E-state index < -0.39 is 0 Å². The van der Waals surface area contributed by atoms with Crippen molar-refractivity contribution in [3.8, 4) is 17.1 Å². The second-order valence-electron chi connectivity index (χ2n) is 4.60. The zero-order valence-electron chi connectivity index (χ0n) is 11.6. The molecule has 0 fully saturated rings. The Morgan fingerprint density at radius 3 is 2.90 bits per heavy atom. The molecular weight excluding hydrogens is 250 g/mol. The molecule has 2 aromatic heterocycles. The van der Waals surface area contributed by atoms with Crippen molar-refractivity contribution in [1.29, 1.82) is 0 Å². The molecule has 0 saturated heterocycles. The minimum Gasteiger partial charge on any atom is -0.497 e. The Morgan fingerprint density at radius 1 is 1.20 bits per heavy atom. The van der Waals surface area contributed by atoms with Crippen LogP contribution in [0.15, 0.2) is 48.7 Å². The Morgan fingerprint density at radius 2 is 2.10 bits per heavy atom. The molecule has 0 bridgehead atoms. The van der Waals surface area contributed by atoms with E-state index in [9.17, 15) is 0 Å². The van der Waals surface area contributed by atoms with E-state index in [0.717, 1.165) is 34.9 Å². The molecule has 0 aliphatic carbocycles. The molecule has 20 heavy (non-hydrogen) atoms. The van der Waals surface area contributed by atoms with Crippen LogP contribution in [-0.4, -0.2) is 23.5 Å². The van der Waals surface area contributed by atoms with Crippen LogP contribution < -0.4 is 10.1 Å². The summed E-state index contributed by atoms with van der Waals surface area (Å²) in [5.41, 5.74) is 3.22. The second-order valence-corrected chi connectivity index (χ2v) is 4.60. The molecule has 1 aromatic carbocycles. The SMILES string of the molecule is CNCc1nc(-c2cccc(OC)c2)n2ccccc12. The van der Waals surface area contributed by atoms with Crippen molar-refractivity contribution in [1.82, 2.24) is 14.7 Å². The summed E-state index contributed by atoms with van der Waals surface area (Å²) in [5, 5.41) is 3.16. The number of nitrogens with one attached hydrogen (secondary N) is 1. The fraction of sp³-hybridized carbons (Fsp3) is 0.188. The van der Waals surface area contributed by atoms with E-state index >= 15 is 0 Å². The highest BCUT2D eigenvalue weighted by atomic mass is 16.5. The number of fused-ring (bicyclic) bond motifs is 1. The van der Waals surface area contributed by atoms with Crippen molar-refractivity contribution in [3.63, 3.8) is 0 Å². The van der Waals surface area contributed by atoms with Crippen molar-refractivity contribution in [2.75, 3.05) is 14.2 Å². The molecule has 3 rings (SSSR count). The predicted molar refractivity (Wildman–Crippen MR) is 79.9 cm³/mol. The zero-order valence-corrected chi connectivity index (χ0v) is 11.6. The van der Waals surface area contributed by atoms with E-state index in [1.165, 1.54) is 0 Å². The van der Waals surface area contributed by atoms with Gasteiger partial charge in [0.2, 0.25) is 0 Å². The van der Waals surface area contributed by atoms with Gasteiger partial charge < -0.3 is 10.1 Å². The van der Waals surface area contributed by atoms with Crippen molar-refractivity contribution in [3.05, 3.63) is 54.4 Å². The maximum absolute atomic E-state index is 5.29. The summed E-state index contributed by atoms with van der Waals surface area (Å²) in [6.07, 6.45) is 2.04. The highest BCUT2D eigenvalue weighted by Crippen LogP contribution is 2.25. The van der Waals surface area contributed by atoms with Crippen LogP contribution in [0, 0.1) is 0 Å². The van der Waals surface area contributed by atoms with Crippen LogP contribution in [-0.2, 0) is 6.54 Å². The molecule has 102 valence electrons. The van der Waals surface area contributed by atoms with Gasteiger partial charge in [0, 0.05) is 18.3 Å². The van der Waals surface area contributed by atoms with E-state index in [4.69, 9.17) is 9.72 Å². The smallest absolute Gasteiger partial charge is 0.145 e. The van der Waals surface area contributed by atoms with Crippen LogP contribution in [0.5, 0.6) is 5.75 Å². The molecular formula is C16H17N3O. The first-order chi connectivity index (χ1) is 9.83. The highest BCUT2D eigenvalue weighted by molar-refractivity contribution is 5.66. The van der Waals surface area contributed by atoms with Crippen molar-refractivity contribution in [2.45, 2.75) is 6.54 Å². The van der Waals surface area contributed by atoms with Gasteiger partial charge in [0.1, 0.15) is 11.6 Å². The Bertz CT molecular complexity index is 733. The van der Waals surface area contributed by atoms with Gasteiger partial charge >= 0.3 is 0 Å². The van der Waals surface area contributed by atoms with Gasteiger partial charge in [0.25, 0.3) is 0 Å². The summed E-state index contributed by atoms with van der Waals surface area (Å²) < 4.78 is 7.41. The summed E-state index contributed by atoms with van der Waals surface area (Å²) in [7, 11) is 3.61. The topological polar surface area (TPSA) is 38.6 Å². The van der Waals surface area contributed by atoms with Crippen LogP contribution in [0.2, 0.25) is 0 Å². The number of aromatic nitrogens is 2. The number of methoxy groups -OCH3 is 1. The van der Waals surface area contributed by atoms with Crippen molar-refractivity contribution >= 4 is 5.52 Å². The third-order valence-electron chi connectivity index (χ3n) is 3.30. The molecule has 0 unspecified atom stereocenters. The Labute approximate surface area is 118 Å². The van der Waals surface area contributed by atoms with E-state index in [1.54, 1.807) is 7.11 Å². The lowest BCUT2D eigenvalue weighted by atomic mass is 10.2. The summed E-state index contributed by atoms with van der Waals surface area (Å²) in [6.45, 7) is 0.748. The van der Waals surface area contributed by atoms with Crippen LogP contribution >= 0.6 is 0 Å². The van der Waals surface area contributed by atoms with Crippen LogP contribution in [0.1, 0.15) is 5.69 Å². The van der Waals surface area contributed by atoms with Gasteiger partial charge in [-0.05, 0) is 31.3 Å². The van der Waals surface area contributed by atoms with E-state index in [2.05, 4.69) is 15.8 Å². The standard InChI is InChI=1S/C16H17N3O/c1-17-11-14-15-8-3-4-9-19(15)16(18-14)12-6-5-7-13(10-12)20-2/h3-10,17H,11H2,1-2H3. The average molecular weight is 267 g/mol. The Kier molecular flexibility index (Phi) is 3.39. The molecule has 0 aliphatic rings. The maximum atomic E-state index is 5.29. The van der Waals surface area contributed by atoms with Crippen LogP contribution in [0.25, 0.3) is 16.9 Å². The van der Waals surface area contributed by atoms with Gasteiger partial charge in [-0.3, -0.25) is 4.40 Å². The van der Waals surface area contributed by atoms with Gasteiger partial charge in [-0.1, -0.05) is 18.2 Å². The fourth-order valence-electron chi connectivity index (χ4n) is 2.37. The molecule has 4 nitrogen and oxygen atoms in total. The van der Waals surface area contributed by atoms with Gasteiger partial charge in [-0.2, -0.15) is 0 Å². The molecule has 4 heteroatoms. The molecule has 0 atom stereocenters. The minimum atomic E-state index is 0.748. The Hall–Kier alpha value is -2.33. The van der Waals surface area contributed by atoms with Crippen LogP contribution in [0.4, 0.5) is 0 Å². The number of benzene rings is 1. The average Bonchev–Trinajstić information content (AvgIpc) is 2.87. The monoisotopic (exact) mass is 267 g/mol. The van der Waals surface area contributed by atoms with Gasteiger partial charge in [-0.15, -0.1) is 0 Å². The highest BCUT2D eigenvalue weighted by Gasteiger charge is 2.12. The summed E-state index contributed by atoms with van der Waals surface area (Å²) in [6, 6.07) is 14.1. The molecule has 0 aliphatic heterocycles. The normalized spacial score (nSPS) is 10.9. The summed E-state index contributed by atoms with van der Waals surface area (Å²) in [4.78, 5) is 4.77. The van der Waals surface area contributed by atoms with E-state index in [0.29, 0.717) is 0 Å². The number of imidazole rings is 1. The van der Waals surface area contributed by atoms with Crippen molar-refractivity contribution in [2.24, 2.45) is 0 Å². The number of hydrogen-bond donors (Lipinski definition) is 1. The number of ether oxygens (including phenoxy) is 1. The van der Waals surface area contributed by atoms with E-state index in [1.807, 2.05) is 49.6 Å². The predicted octanol–water partition coefficient (Wildman–Crippen LogP) is 2.73. The van der Waals surface area contributed by atoms with Gasteiger partial charge in [0.05, 0.1) is 18.3 Å². The van der Waals surface area contributed by atoms with E-state index in [-0.39, 0.29) is 0 Å². The summed E-state index contributed by atoms with van der Waals surface area (Å²) in [5.74, 6) is 1.77. The van der Waals surface area contributed by atoms with Crippen molar-refractivity contribution < 1.29 is 4.74 Å². The summed E-state index contributed by atoms with van der Waals surface area (Å²) >= 11 is 0. The lowest BCUT2D eigenvalue weighted by molar-refractivity contribution is 0.415. The molecule has 0 saturated carbocycles. The minimum absolute atomic E-state index is 0.748. The molecule has 2 heterocycles. The number of hydrogen-bond acceptors (Lipinski definition) is 3. The lowest BCUT2D eigenvalue weighted by Gasteiger charge is -2.03. The molecule has 0 amide bonds. The number of pyridine rings is 1. The second kappa shape index (κ2) is 5.35. The molecule has 0 spiro atoms. The number of nitrogens with zero attached hydrogens (tertiary/aromatic N) is 2. The molecule has 3 aromatic rings.